The number of hydrogen-bond acceptors (Lipinski definition) is 8. The summed E-state index contributed by atoms with van der Waals surface area (Å²) in [5.41, 5.74) is -0.755. The van der Waals surface area contributed by atoms with Gasteiger partial charge in [0.1, 0.15) is 17.5 Å². The second-order valence-corrected chi connectivity index (χ2v) is 10.1. The fraction of sp³-hybridized carbons (Fsp3) is 0.520. The van der Waals surface area contributed by atoms with Crippen LogP contribution in [0, 0.1) is 0 Å². The third-order valence-electron chi connectivity index (χ3n) is 7.08. The molecule has 11 heteroatoms. The van der Waals surface area contributed by atoms with E-state index in [-0.39, 0.29) is 18.9 Å². The van der Waals surface area contributed by atoms with Crippen LogP contribution < -0.4 is 15.1 Å². The zero-order chi connectivity index (χ0) is 25.6. The number of anilines is 4. The molecule has 3 aromatic heterocycles. The van der Waals surface area contributed by atoms with Crippen LogP contribution in [0.4, 0.5) is 36.6 Å². The van der Waals surface area contributed by atoms with E-state index < -0.39 is 24.2 Å². The fourth-order valence-electron chi connectivity index (χ4n) is 4.84. The SMILES string of the molecule is CC(C)c1cnc(N2CCC2C(F)F)c2cnc(Nc3ccnc(N4CC[C@@H](O)[C@@](C)(F)C4)n3)cc12. The number of aliphatic hydroxyl groups is 1. The molecule has 2 aliphatic rings. The van der Waals surface area contributed by atoms with Crippen molar-refractivity contribution in [3.8, 4) is 0 Å². The van der Waals surface area contributed by atoms with E-state index in [2.05, 4.69) is 39.1 Å². The van der Waals surface area contributed by atoms with Gasteiger partial charge in [0.15, 0.2) is 5.67 Å². The molecule has 1 unspecified atom stereocenters. The first-order valence-electron chi connectivity index (χ1n) is 12.2. The van der Waals surface area contributed by atoms with Crippen LogP contribution in [-0.2, 0) is 0 Å². The molecule has 0 bridgehead atoms. The van der Waals surface area contributed by atoms with Crippen molar-refractivity contribution < 1.29 is 18.3 Å². The van der Waals surface area contributed by atoms with Gasteiger partial charge in [-0.25, -0.2) is 28.1 Å². The van der Waals surface area contributed by atoms with Crippen LogP contribution in [0.1, 0.15) is 45.1 Å². The van der Waals surface area contributed by atoms with Crippen LogP contribution in [0.25, 0.3) is 10.8 Å². The minimum absolute atomic E-state index is 0.00448. The van der Waals surface area contributed by atoms with Crippen LogP contribution in [0.5, 0.6) is 0 Å². The second-order valence-electron chi connectivity index (χ2n) is 10.1. The van der Waals surface area contributed by atoms with Crippen LogP contribution >= 0.6 is 0 Å². The Labute approximate surface area is 207 Å². The number of hydrogen-bond donors (Lipinski definition) is 2. The molecule has 0 aromatic carbocycles. The molecule has 2 fully saturated rings. The Morgan fingerprint density at radius 2 is 1.89 bits per heavy atom. The minimum atomic E-state index is -2.43. The third kappa shape index (κ3) is 4.52. The summed E-state index contributed by atoms with van der Waals surface area (Å²) in [7, 11) is 0. The van der Waals surface area contributed by atoms with Gasteiger partial charge >= 0.3 is 0 Å². The number of fused-ring (bicyclic) bond motifs is 1. The van der Waals surface area contributed by atoms with Crippen LogP contribution in [0.3, 0.4) is 0 Å². The lowest BCUT2D eigenvalue weighted by Gasteiger charge is -2.41. The largest absolute Gasteiger partial charge is 0.390 e. The van der Waals surface area contributed by atoms with E-state index in [0.29, 0.717) is 42.9 Å². The van der Waals surface area contributed by atoms with Crippen LogP contribution in [-0.4, -0.2) is 68.9 Å². The Kier molecular flexibility index (Phi) is 6.36. The number of pyridine rings is 2. The zero-order valence-corrected chi connectivity index (χ0v) is 20.5. The fourth-order valence-corrected chi connectivity index (χ4v) is 4.84. The summed E-state index contributed by atoms with van der Waals surface area (Å²) in [6.45, 7) is 6.47. The van der Waals surface area contributed by atoms with Crippen molar-refractivity contribution in [3.63, 3.8) is 0 Å². The summed E-state index contributed by atoms with van der Waals surface area (Å²) >= 11 is 0. The van der Waals surface area contributed by atoms with E-state index in [0.717, 1.165) is 16.3 Å². The molecule has 0 spiro atoms. The highest BCUT2D eigenvalue weighted by molar-refractivity contribution is 5.96. The second kappa shape index (κ2) is 9.34. The lowest BCUT2D eigenvalue weighted by molar-refractivity contribution is -0.00860. The van der Waals surface area contributed by atoms with Crippen molar-refractivity contribution in [3.05, 3.63) is 36.3 Å². The van der Waals surface area contributed by atoms with Gasteiger partial charge in [0, 0.05) is 37.1 Å². The molecule has 2 N–H and O–H groups in total. The smallest absolute Gasteiger partial charge is 0.258 e. The molecular formula is C25H30F3N7O. The Bertz CT molecular complexity index is 1260. The normalized spacial score (nSPS) is 24.5. The number of alkyl halides is 3. The van der Waals surface area contributed by atoms with Crippen molar-refractivity contribution in [2.24, 2.45) is 0 Å². The molecule has 0 saturated carbocycles. The molecular weight excluding hydrogens is 471 g/mol. The number of piperidine rings is 1. The van der Waals surface area contributed by atoms with E-state index in [9.17, 15) is 18.3 Å². The molecule has 36 heavy (non-hydrogen) atoms. The summed E-state index contributed by atoms with van der Waals surface area (Å²) in [5, 5.41) is 14.7. The lowest BCUT2D eigenvalue weighted by atomic mass is 9.94. The molecule has 8 nitrogen and oxygen atoms in total. The predicted molar refractivity (Wildman–Crippen MR) is 133 cm³/mol. The van der Waals surface area contributed by atoms with Gasteiger partial charge in [0.05, 0.1) is 18.7 Å². The molecule has 0 amide bonds. The number of aliphatic hydroxyl groups excluding tert-OH is 1. The standard InChI is InChI=1S/C25H30F3N7O/c1-14(2)16-11-31-23(35-9-5-18(35)22(26)27)17-12-30-21(10-15(16)17)32-20-4-7-29-24(33-20)34-8-6-19(36)25(3,28)13-34/h4,7,10-12,14,18-19,22,36H,5-6,8-9,13H2,1-3H3,(H,29,30,32,33)/t18?,19-,25+/m1/s1. The molecule has 3 aromatic rings. The average Bonchev–Trinajstić information content (AvgIpc) is 2.79. The Balaban J connectivity index is 1.44. The number of rotatable bonds is 6. The number of nitrogens with one attached hydrogen (secondary N) is 1. The third-order valence-corrected chi connectivity index (χ3v) is 7.08. The highest BCUT2D eigenvalue weighted by Crippen LogP contribution is 2.37. The van der Waals surface area contributed by atoms with Gasteiger partial charge < -0.3 is 20.2 Å². The summed E-state index contributed by atoms with van der Waals surface area (Å²) in [5.74, 6) is 2.07. The molecule has 2 aliphatic heterocycles. The maximum absolute atomic E-state index is 14.7. The molecule has 0 aliphatic carbocycles. The van der Waals surface area contributed by atoms with Gasteiger partial charge in [-0.3, -0.25) is 0 Å². The molecule has 5 heterocycles. The molecule has 3 atom stereocenters. The first-order valence-corrected chi connectivity index (χ1v) is 12.2. The van der Waals surface area contributed by atoms with E-state index in [1.807, 2.05) is 6.07 Å². The summed E-state index contributed by atoms with van der Waals surface area (Å²) < 4.78 is 41.5. The van der Waals surface area contributed by atoms with Crippen LogP contribution in [0.15, 0.2) is 30.7 Å². The van der Waals surface area contributed by atoms with E-state index >= 15 is 0 Å². The van der Waals surface area contributed by atoms with Gasteiger partial charge in [0.25, 0.3) is 6.43 Å². The summed E-state index contributed by atoms with van der Waals surface area (Å²) in [6, 6.07) is 2.74. The molecule has 5 rings (SSSR count). The monoisotopic (exact) mass is 501 g/mol. The van der Waals surface area contributed by atoms with E-state index in [1.165, 1.54) is 6.92 Å². The number of halogens is 3. The maximum Gasteiger partial charge on any atom is 0.258 e. The maximum atomic E-state index is 14.7. The lowest BCUT2D eigenvalue weighted by Crippen LogP contribution is -2.52. The Morgan fingerprint density at radius 1 is 1.08 bits per heavy atom. The van der Waals surface area contributed by atoms with E-state index in [4.69, 9.17) is 0 Å². The van der Waals surface area contributed by atoms with Crippen molar-refractivity contribution in [1.29, 1.82) is 0 Å². The van der Waals surface area contributed by atoms with Gasteiger partial charge in [-0.1, -0.05) is 13.8 Å². The number of nitrogens with zero attached hydrogens (tertiary/aromatic N) is 6. The first-order chi connectivity index (χ1) is 17.1. The van der Waals surface area contributed by atoms with Gasteiger partial charge in [0.2, 0.25) is 5.95 Å². The van der Waals surface area contributed by atoms with Crippen molar-refractivity contribution in [1.82, 2.24) is 19.9 Å². The van der Waals surface area contributed by atoms with Gasteiger partial charge in [-0.15, -0.1) is 0 Å². The quantitative estimate of drug-likeness (QED) is 0.513. The topological polar surface area (TPSA) is 90.3 Å². The molecule has 0 radical (unpaired) electrons. The van der Waals surface area contributed by atoms with Gasteiger partial charge in [-0.05, 0) is 48.8 Å². The number of aromatic nitrogens is 4. The van der Waals surface area contributed by atoms with Gasteiger partial charge in [-0.2, -0.15) is 4.98 Å². The molecule has 192 valence electrons. The van der Waals surface area contributed by atoms with Crippen LogP contribution in [0.2, 0.25) is 0 Å². The highest BCUT2D eigenvalue weighted by Gasteiger charge is 2.40. The van der Waals surface area contributed by atoms with Crippen molar-refractivity contribution >= 4 is 34.2 Å². The zero-order valence-electron chi connectivity index (χ0n) is 20.5. The Hall–Kier alpha value is -3.21. The minimum Gasteiger partial charge on any atom is -0.390 e. The Morgan fingerprint density at radius 3 is 2.56 bits per heavy atom. The van der Waals surface area contributed by atoms with E-state index in [1.54, 1.807) is 34.5 Å². The highest BCUT2D eigenvalue weighted by atomic mass is 19.3. The summed E-state index contributed by atoms with van der Waals surface area (Å²) in [6.07, 6.45) is 2.29. The molecule has 2 saturated heterocycles. The first kappa shape index (κ1) is 24.5. The summed E-state index contributed by atoms with van der Waals surface area (Å²) in [4.78, 5) is 21.2. The predicted octanol–water partition coefficient (Wildman–Crippen LogP) is 4.43. The van der Waals surface area contributed by atoms with Crippen molar-refractivity contribution in [2.45, 2.75) is 63.8 Å². The average molecular weight is 502 g/mol. The van der Waals surface area contributed by atoms with Crippen molar-refractivity contribution in [2.75, 3.05) is 34.8 Å².